The maximum atomic E-state index is 15.2. The first-order chi connectivity index (χ1) is 25.6. The van der Waals surface area contributed by atoms with Crippen LogP contribution < -0.4 is 5.43 Å². The van der Waals surface area contributed by atoms with E-state index < -0.39 is 75.5 Å². The van der Waals surface area contributed by atoms with Gasteiger partial charge in [-0.3, -0.25) is 34.3 Å². The highest BCUT2D eigenvalue weighted by molar-refractivity contribution is 6.33. The third kappa shape index (κ3) is 6.18. The van der Waals surface area contributed by atoms with Crippen molar-refractivity contribution in [3.63, 3.8) is 0 Å². The number of rotatable bonds is 10. The van der Waals surface area contributed by atoms with E-state index in [1.165, 1.54) is 17.0 Å². The van der Waals surface area contributed by atoms with Gasteiger partial charge < -0.3 is 10.2 Å². The number of imide groups is 2. The average molecular weight is 786 g/mol. The summed E-state index contributed by atoms with van der Waals surface area (Å²) < 4.78 is 40.3. The Balaban J connectivity index is 1.33. The molecule has 0 spiro atoms. The zero-order chi connectivity index (χ0) is 38.7. The highest BCUT2D eigenvalue weighted by Gasteiger charge is 2.70. The summed E-state index contributed by atoms with van der Waals surface area (Å²) in [6.45, 7) is 0.108. The first kappa shape index (κ1) is 37.4. The van der Waals surface area contributed by atoms with Crippen molar-refractivity contribution in [3.05, 3.63) is 99.2 Å². The second kappa shape index (κ2) is 14.0. The highest BCUT2D eigenvalue weighted by atomic mass is 35.5. The van der Waals surface area contributed by atoms with Crippen LogP contribution in [0, 0.1) is 23.7 Å². The molecular weight excluding hydrogens is 752 g/mol. The van der Waals surface area contributed by atoms with E-state index in [4.69, 9.17) is 28.3 Å². The number of hydrogen-bond donors (Lipinski definition) is 3. The Bertz CT molecular complexity index is 2100. The summed E-state index contributed by atoms with van der Waals surface area (Å²) in [4.78, 5) is 73.7. The predicted octanol–water partition coefficient (Wildman–Crippen LogP) is 6.74. The van der Waals surface area contributed by atoms with Crippen molar-refractivity contribution >= 4 is 58.6 Å². The minimum atomic E-state index is -4.76. The van der Waals surface area contributed by atoms with Gasteiger partial charge in [-0.15, -0.1) is 0 Å². The number of carbonyl (C=O) groups excluding carboxylic acids is 4. The Morgan fingerprint density at radius 2 is 1.70 bits per heavy atom. The Kier molecular flexibility index (Phi) is 9.71. The van der Waals surface area contributed by atoms with Gasteiger partial charge in [0.2, 0.25) is 11.8 Å². The Morgan fingerprint density at radius 3 is 2.37 bits per heavy atom. The van der Waals surface area contributed by atoms with Crippen LogP contribution in [0.1, 0.15) is 61.1 Å². The number of carbonyl (C=O) groups is 5. The topological polar surface area (TPSA) is 157 Å². The molecule has 54 heavy (non-hydrogen) atoms. The van der Waals surface area contributed by atoms with E-state index >= 15 is 4.79 Å². The fraction of sp³-hybridized carbons (Fsp3) is 0.368. The molecule has 11 nitrogen and oxygen atoms in total. The molecule has 3 N–H and O–H groups in total. The SMILES string of the molecule is O=C(O)CCCCCN1C(=O)C2CC=C3C(CC4C(=O)N(Nc5ncc(C(F)(F)F)cc5Cl)C(=O)C4(c4ccc(Cl)cc4)C3c3cccc(O)c3)C2C1=O. The molecule has 2 saturated heterocycles. The molecule has 4 amide bonds. The quantitative estimate of drug-likeness (QED) is 0.115. The lowest BCUT2D eigenvalue weighted by molar-refractivity contribution is -0.141. The zero-order valence-corrected chi connectivity index (χ0v) is 29.9. The van der Waals surface area contributed by atoms with Crippen molar-refractivity contribution in [2.24, 2.45) is 23.7 Å². The summed E-state index contributed by atoms with van der Waals surface area (Å²) in [7, 11) is 0. The Hall–Kier alpha value is -4.95. The van der Waals surface area contributed by atoms with E-state index in [1.54, 1.807) is 36.4 Å². The average Bonchev–Trinajstić information content (AvgIpc) is 3.49. The second-order valence-electron chi connectivity index (χ2n) is 14.0. The molecule has 2 aliphatic carbocycles. The molecule has 6 atom stereocenters. The van der Waals surface area contributed by atoms with Gasteiger partial charge in [0.05, 0.1) is 33.8 Å². The molecule has 6 unspecified atom stereocenters. The number of pyridine rings is 1. The number of nitrogens with zero attached hydrogens (tertiary/aromatic N) is 3. The van der Waals surface area contributed by atoms with Crippen LogP contribution in [-0.2, 0) is 35.6 Å². The molecule has 2 aromatic carbocycles. The number of hydrazine groups is 1. The lowest BCUT2D eigenvalue weighted by Gasteiger charge is -2.50. The molecule has 3 fully saturated rings. The summed E-state index contributed by atoms with van der Waals surface area (Å²) in [5.74, 6) is -8.19. The number of carboxylic acids is 1. The van der Waals surface area contributed by atoms with Crippen LogP contribution in [0.25, 0.3) is 0 Å². The van der Waals surface area contributed by atoms with Crippen LogP contribution in [-0.4, -0.2) is 61.2 Å². The van der Waals surface area contributed by atoms with Gasteiger partial charge in [-0.2, -0.15) is 18.2 Å². The molecule has 0 radical (unpaired) electrons. The first-order valence-electron chi connectivity index (χ1n) is 17.3. The summed E-state index contributed by atoms with van der Waals surface area (Å²) in [5, 5.41) is 20.2. The normalized spacial score (nSPS) is 26.4. The number of unbranched alkanes of at least 4 members (excludes halogenated alkanes) is 2. The number of halogens is 5. The van der Waals surface area contributed by atoms with Crippen LogP contribution in [0.2, 0.25) is 10.0 Å². The molecule has 1 saturated carbocycles. The number of hydrogen-bond acceptors (Lipinski definition) is 8. The van der Waals surface area contributed by atoms with E-state index in [0.29, 0.717) is 58.3 Å². The first-order valence-corrected chi connectivity index (χ1v) is 18.1. The number of fused-ring (bicyclic) bond motifs is 4. The maximum absolute atomic E-state index is 15.2. The van der Waals surface area contributed by atoms with E-state index in [0.717, 1.165) is 0 Å². The monoisotopic (exact) mass is 784 g/mol. The third-order valence-corrected chi connectivity index (χ3v) is 11.7. The van der Waals surface area contributed by atoms with Crippen molar-refractivity contribution in [1.82, 2.24) is 14.9 Å². The lowest BCUT2D eigenvalue weighted by atomic mass is 9.49. The van der Waals surface area contributed by atoms with Gasteiger partial charge in [0.25, 0.3) is 11.8 Å². The van der Waals surface area contributed by atoms with Crippen LogP contribution in [0.3, 0.4) is 0 Å². The van der Waals surface area contributed by atoms with Gasteiger partial charge >= 0.3 is 12.1 Å². The number of allylic oxidation sites excluding steroid dienone is 2. The van der Waals surface area contributed by atoms with E-state index in [2.05, 4.69) is 10.4 Å². The standard InChI is InChI=1S/C38H33Cl2F3N4O7/c39-22-10-8-20(9-11-22)37-27(34(52)47(36(37)54)45-32-28(40)16-21(18-44-32)38(41,42)43)17-26-24(31(37)19-5-4-6-23(48)15-19)12-13-25-30(26)35(53)46(33(25)51)14-3-1-2-7-29(49)50/h4-6,8-12,15-16,18,25-27,30-31,48H,1-3,7,13-14,17H2,(H,44,45)(H,49,50). The van der Waals surface area contributed by atoms with E-state index in [-0.39, 0.29) is 43.3 Å². The fourth-order valence-electron chi connectivity index (χ4n) is 8.87. The van der Waals surface area contributed by atoms with Crippen LogP contribution in [0.4, 0.5) is 19.0 Å². The van der Waals surface area contributed by atoms with Crippen molar-refractivity contribution in [2.45, 2.75) is 56.0 Å². The molecule has 2 aliphatic heterocycles. The predicted molar refractivity (Wildman–Crippen MR) is 188 cm³/mol. The summed E-state index contributed by atoms with van der Waals surface area (Å²) in [6, 6.07) is 13.2. The third-order valence-electron chi connectivity index (χ3n) is 11.1. The van der Waals surface area contributed by atoms with Crippen molar-refractivity contribution in [3.8, 4) is 5.75 Å². The smallest absolute Gasteiger partial charge is 0.417 e. The van der Waals surface area contributed by atoms with E-state index in [1.807, 2.05) is 6.08 Å². The number of benzene rings is 2. The Morgan fingerprint density at radius 1 is 0.963 bits per heavy atom. The minimum absolute atomic E-state index is 0.0323. The number of phenolic OH excluding ortho intramolecular Hbond substituents is 1. The lowest BCUT2D eigenvalue weighted by Crippen LogP contribution is -2.53. The molecule has 4 aliphatic rings. The van der Waals surface area contributed by atoms with Crippen molar-refractivity contribution < 1.29 is 47.4 Å². The number of alkyl halides is 3. The Labute approximate surface area is 316 Å². The summed E-state index contributed by atoms with van der Waals surface area (Å²) >= 11 is 12.5. The number of amides is 4. The molecular formula is C38H33Cl2F3N4O7. The molecule has 3 aromatic rings. The number of aromatic nitrogens is 1. The summed E-state index contributed by atoms with van der Waals surface area (Å²) in [6.07, 6.45) is -1.00. The number of aromatic hydroxyl groups is 1. The largest absolute Gasteiger partial charge is 0.508 e. The minimum Gasteiger partial charge on any atom is -0.508 e. The van der Waals surface area contributed by atoms with Gasteiger partial charge in [0.1, 0.15) is 5.75 Å². The van der Waals surface area contributed by atoms with Gasteiger partial charge in [0.15, 0.2) is 5.82 Å². The number of anilines is 1. The van der Waals surface area contributed by atoms with Crippen molar-refractivity contribution in [2.75, 3.05) is 12.0 Å². The molecule has 282 valence electrons. The number of aliphatic carboxylic acids is 1. The fourth-order valence-corrected chi connectivity index (χ4v) is 9.21. The van der Waals surface area contributed by atoms with Gasteiger partial charge in [-0.05, 0) is 73.1 Å². The molecule has 16 heteroatoms. The van der Waals surface area contributed by atoms with Crippen LogP contribution in [0.15, 0.2) is 72.4 Å². The van der Waals surface area contributed by atoms with Crippen LogP contribution in [0.5, 0.6) is 5.75 Å². The van der Waals surface area contributed by atoms with Gasteiger partial charge in [0, 0.05) is 30.1 Å². The summed E-state index contributed by atoms with van der Waals surface area (Å²) in [5.41, 5.74) is 1.19. The zero-order valence-electron chi connectivity index (χ0n) is 28.4. The van der Waals surface area contributed by atoms with Gasteiger partial charge in [-0.25, -0.2) is 4.98 Å². The van der Waals surface area contributed by atoms with Crippen LogP contribution >= 0.6 is 23.2 Å². The highest BCUT2D eigenvalue weighted by Crippen LogP contribution is 2.64. The molecule has 3 heterocycles. The number of nitrogens with one attached hydrogen (secondary N) is 1. The number of phenols is 1. The molecule has 7 rings (SSSR count). The molecule has 0 bridgehead atoms. The second-order valence-corrected chi connectivity index (χ2v) is 14.9. The van der Waals surface area contributed by atoms with Crippen molar-refractivity contribution in [1.29, 1.82) is 0 Å². The van der Waals surface area contributed by atoms with Gasteiger partial charge in [-0.1, -0.05) is 65.5 Å². The maximum Gasteiger partial charge on any atom is 0.417 e. The van der Waals surface area contributed by atoms with E-state index in [9.17, 15) is 37.5 Å². The molecule has 1 aromatic heterocycles. The number of likely N-dealkylation sites (tertiary alicyclic amines) is 1. The number of carboxylic acid groups (broad SMARTS) is 1.